The Morgan fingerprint density at radius 3 is 2.27 bits per heavy atom. The normalized spacial score (nSPS) is 10.9. The minimum absolute atomic E-state index is 0.0611. The lowest BCUT2D eigenvalue weighted by Crippen LogP contribution is -2.27. The van der Waals surface area contributed by atoms with Gasteiger partial charge in [0.1, 0.15) is 0 Å². The predicted molar refractivity (Wildman–Crippen MR) is 100 cm³/mol. The zero-order valence-corrected chi connectivity index (χ0v) is 15.1. The van der Waals surface area contributed by atoms with Gasteiger partial charge in [-0.1, -0.05) is 32.9 Å². The molecule has 0 aromatic heterocycles. The Hall–Kier alpha value is -3.22. The van der Waals surface area contributed by atoms with Crippen molar-refractivity contribution in [3.63, 3.8) is 0 Å². The van der Waals surface area contributed by atoms with Crippen molar-refractivity contribution in [3.05, 3.63) is 63.7 Å². The molecule has 7 heteroatoms. The number of nitro groups is 1. The molecule has 7 nitrogen and oxygen atoms in total. The summed E-state index contributed by atoms with van der Waals surface area (Å²) in [7, 11) is 0. The van der Waals surface area contributed by atoms with Crippen molar-refractivity contribution in [1.82, 2.24) is 0 Å². The van der Waals surface area contributed by atoms with Crippen molar-refractivity contribution in [2.75, 3.05) is 10.6 Å². The molecule has 0 aliphatic carbocycles. The first-order valence-electron chi connectivity index (χ1n) is 8.06. The van der Waals surface area contributed by atoms with Crippen molar-refractivity contribution in [3.8, 4) is 0 Å². The molecule has 0 unspecified atom stereocenters. The van der Waals surface area contributed by atoms with Crippen LogP contribution < -0.4 is 10.6 Å². The number of nitrogens with zero attached hydrogens (tertiary/aromatic N) is 1. The Labute approximate surface area is 151 Å². The summed E-state index contributed by atoms with van der Waals surface area (Å²) in [5, 5.41) is 16.4. The lowest BCUT2D eigenvalue weighted by Gasteiger charge is -2.18. The van der Waals surface area contributed by atoms with Gasteiger partial charge in [0.15, 0.2) is 0 Å². The van der Waals surface area contributed by atoms with Gasteiger partial charge in [0, 0.05) is 34.0 Å². The Morgan fingerprint density at radius 1 is 1.00 bits per heavy atom. The summed E-state index contributed by atoms with van der Waals surface area (Å²) in [6.07, 6.45) is 0. The quantitative estimate of drug-likeness (QED) is 0.635. The predicted octanol–water partition coefficient (Wildman–Crippen LogP) is 4.14. The summed E-state index contributed by atoms with van der Waals surface area (Å²) < 4.78 is 0. The van der Waals surface area contributed by atoms with E-state index in [0.717, 1.165) is 0 Å². The van der Waals surface area contributed by atoms with Gasteiger partial charge >= 0.3 is 0 Å². The molecular formula is C19H21N3O4. The number of carbonyl (C=O) groups is 2. The molecule has 0 saturated heterocycles. The standard InChI is InChI=1S/C19H21N3O4/c1-12-8-9-15(11-16(12)22(25)26)20-17(23)13-6-5-7-14(10-13)21-18(24)19(2,3)4/h5-11H,1-4H3,(H,20,23)(H,21,24). The van der Waals surface area contributed by atoms with Crippen LogP contribution in [-0.4, -0.2) is 16.7 Å². The average Bonchev–Trinajstić information content (AvgIpc) is 2.55. The van der Waals surface area contributed by atoms with Crippen LogP contribution in [0.3, 0.4) is 0 Å². The fourth-order valence-corrected chi connectivity index (χ4v) is 2.14. The van der Waals surface area contributed by atoms with Crippen LogP contribution >= 0.6 is 0 Å². The van der Waals surface area contributed by atoms with E-state index in [1.807, 2.05) is 0 Å². The molecule has 2 aromatic carbocycles. The van der Waals surface area contributed by atoms with Gasteiger partial charge in [-0.15, -0.1) is 0 Å². The van der Waals surface area contributed by atoms with Gasteiger partial charge in [-0.3, -0.25) is 19.7 Å². The second-order valence-electron chi connectivity index (χ2n) is 7.00. The van der Waals surface area contributed by atoms with E-state index in [2.05, 4.69) is 10.6 Å². The van der Waals surface area contributed by atoms with E-state index in [0.29, 0.717) is 22.5 Å². The third-order valence-electron chi connectivity index (χ3n) is 3.73. The molecule has 0 fully saturated rings. The number of nitrogens with one attached hydrogen (secondary N) is 2. The van der Waals surface area contributed by atoms with Crippen LogP contribution in [0.2, 0.25) is 0 Å². The lowest BCUT2D eigenvalue weighted by molar-refractivity contribution is -0.385. The maximum atomic E-state index is 12.4. The molecule has 0 aliphatic heterocycles. The molecule has 2 N–H and O–H groups in total. The molecule has 0 spiro atoms. The van der Waals surface area contributed by atoms with Crippen LogP contribution in [-0.2, 0) is 4.79 Å². The van der Waals surface area contributed by atoms with E-state index < -0.39 is 16.2 Å². The molecule has 0 atom stereocenters. The zero-order valence-electron chi connectivity index (χ0n) is 15.1. The van der Waals surface area contributed by atoms with Crippen LogP contribution in [0.5, 0.6) is 0 Å². The smallest absolute Gasteiger partial charge is 0.274 e. The zero-order chi connectivity index (χ0) is 19.5. The van der Waals surface area contributed by atoms with Gasteiger partial charge in [0.25, 0.3) is 11.6 Å². The monoisotopic (exact) mass is 355 g/mol. The maximum absolute atomic E-state index is 12.4. The Bertz CT molecular complexity index is 869. The minimum atomic E-state index is -0.556. The molecule has 26 heavy (non-hydrogen) atoms. The number of hydrogen-bond donors (Lipinski definition) is 2. The molecule has 0 aliphatic rings. The van der Waals surface area contributed by atoms with E-state index in [9.17, 15) is 19.7 Å². The van der Waals surface area contributed by atoms with Crippen LogP contribution in [0.25, 0.3) is 0 Å². The molecule has 0 bridgehead atoms. The van der Waals surface area contributed by atoms with Crippen LogP contribution in [0.4, 0.5) is 17.1 Å². The molecule has 2 aromatic rings. The second-order valence-corrected chi connectivity index (χ2v) is 7.00. The van der Waals surface area contributed by atoms with Crippen LogP contribution in [0.15, 0.2) is 42.5 Å². The molecule has 0 heterocycles. The highest BCUT2D eigenvalue weighted by Crippen LogP contribution is 2.23. The summed E-state index contributed by atoms with van der Waals surface area (Å²) in [5.41, 5.74) is 1.07. The van der Waals surface area contributed by atoms with Crippen LogP contribution in [0.1, 0.15) is 36.7 Å². The first-order chi connectivity index (χ1) is 12.1. The van der Waals surface area contributed by atoms with Gasteiger partial charge < -0.3 is 10.6 Å². The van der Waals surface area contributed by atoms with Crippen molar-refractivity contribution < 1.29 is 14.5 Å². The maximum Gasteiger partial charge on any atom is 0.274 e. The molecular weight excluding hydrogens is 334 g/mol. The highest BCUT2D eigenvalue weighted by Gasteiger charge is 2.21. The van der Waals surface area contributed by atoms with E-state index in [1.165, 1.54) is 6.07 Å². The number of nitro benzene ring substituents is 1. The Balaban J connectivity index is 2.18. The van der Waals surface area contributed by atoms with Gasteiger partial charge in [-0.2, -0.15) is 0 Å². The van der Waals surface area contributed by atoms with Crippen molar-refractivity contribution >= 4 is 28.9 Å². The number of anilines is 2. The summed E-state index contributed by atoms with van der Waals surface area (Å²) in [5.74, 6) is -0.584. The van der Waals surface area contributed by atoms with Crippen molar-refractivity contribution in [2.45, 2.75) is 27.7 Å². The number of rotatable bonds is 4. The molecule has 2 rings (SSSR count). The summed E-state index contributed by atoms with van der Waals surface area (Å²) in [4.78, 5) is 35.0. The number of benzene rings is 2. The average molecular weight is 355 g/mol. The van der Waals surface area contributed by atoms with E-state index in [-0.39, 0.29) is 11.6 Å². The van der Waals surface area contributed by atoms with E-state index in [1.54, 1.807) is 64.1 Å². The fourth-order valence-electron chi connectivity index (χ4n) is 2.14. The van der Waals surface area contributed by atoms with Crippen molar-refractivity contribution in [1.29, 1.82) is 0 Å². The summed E-state index contributed by atoms with van der Waals surface area (Å²) >= 11 is 0. The number of amides is 2. The third-order valence-corrected chi connectivity index (χ3v) is 3.73. The molecule has 2 amide bonds. The van der Waals surface area contributed by atoms with E-state index >= 15 is 0 Å². The highest BCUT2D eigenvalue weighted by molar-refractivity contribution is 6.05. The molecule has 0 radical (unpaired) electrons. The van der Waals surface area contributed by atoms with E-state index in [4.69, 9.17) is 0 Å². The largest absolute Gasteiger partial charge is 0.326 e. The second kappa shape index (κ2) is 7.35. The van der Waals surface area contributed by atoms with Gasteiger partial charge in [-0.25, -0.2) is 0 Å². The summed E-state index contributed by atoms with van der Waals surface area (Å²) in [6.45, 7) is 7.01. The van der Waals surface area contributed by atoms with Gasteiger partial charge in [0.2, 0.25) is 5.91 Å². The number of carbonyl (C=O) groups excluding carboxylic acids is 2. The summed E-state index contributed by atoms with van der Waals surface area (Å²) in [6, 6.07) is 11.0. The lowest BCUT2D eigenvalue weighted by atomic mass is 9.95. The fraction of sp³-hybridized carbons (Fsp3) is 0.263. The molecule has 0 saturated carbocycles. The van der Waals surface area contributed by atoms with Gasteiger partial charge in [0.05, 0.1) is 4.92 Å². The first-order valence-corrected chi connectivity index (χ1v) is 8.06. The van der Waals surface area contributed by atoms with Crippen LogP contribution in [0, 0.1) is 22.5 Å². The van der Waals surface area contributed by atoms with Gasteiger partial charge in [-0.05, 0) is 31.2 Å². The number of hydrogen-bond acceptors (Lipinski definition) is 4. The number of aryl methyl sites for hydroxylation is 1. The highest BCUT2D eigenvalue weighted by atomic mass is 16.6. The third kappa shape index (κ3) is 4.66. The Kier molecular flexibility index (Phi) is 5.40. The molecule has 136 valence electrons. The Morgan fingerprint density at radius 2 is 1.65 bits per heavy atom. The SMILES string of the molecule is Cc1ccc(NC(=O)c2cccc(NC(=O)C(C)(C)C)c2)cc1[N+](=O)[O-]. The minimum Gasteiger partial charge on any atom is -0.326 e. The van der Waals surface area contributed by atoms with Crippen molar-refractivity contribution in [2.24, 2.45) is 5.41 Å². The topological polar surface area (TPSA) is 101 Å². The first kappa shape index (κ1) is 19.1.